The second-order valence-corrected chi connectivity index (χ2v) is 8.96. The van der Waals surface area contributed by atoms with E-state index in [0.29, 0.717) is 17.7 Å². The van der Waals surface area contributed by atoms with Gasteiger partial charge in [0, 0.05) is 12.1 Å². The highest BCUT2D eigenvalue weighted by Crippen LogP contribution is 2.39. The Hall–Kier alpha value is -2.22. The standard InChI is InChI=1S/C17H20N4O3S/c22-17(10-20-12-18-11-19-20)21-13-6-7-14(21)9-16(8-13)25(23,24)15-4-2-1-3-5-15/h1-5,11-14,16H,6-10H2. The van der Waals surface area contributed by atoms with E-state index in [4.69, 9.17) is 0 Å². The first-order chi connectivity index (χ1) is 12.1. The Bertz CT molecular complexity index is 837. The first kappa shape index (κ1) is 16.3. The van der Waals surface area contributed by atoms with Crippen LogP contribution in [-0.2, 0) is 21.2 Å². The van der Waals surface area contributed by atoms with Crippen LogP contribution in [0.25, 0.3) is 0 Å². The predicted molar refractivity (Wildman–Crippen MR) is 90.3 cm³/mol. The van der Waals surface area contributed by atoms with Crippen molar-refractivity contribution >= 4 is 15.7 Å². The average molecular weight is 360 g/mol. The molecule has 2 atom stereocenters. The quantitative estimate of drug-likeness (QED) is 0.820. The molecule has 7 nitrogen and oxygen atoms in total. The van der Waals surface area contributed by atoms with Crippen molar-refractivity contribution in [3.63, 3.8) is 0 Å². The van der Waals surface area contributed by atoms with E-state index in [-0.39, 0.29) is 24.5 Å². The largest absolute Gasteiger partial charge is 0.335 e. The Kier molecular flexibility index (Phi) is 4.07. The molecule has 25 heavy (non-hydrogen) atoms. The monoisotopic (exact) mass is 360 g/mol. The van der Waals surface area contributed by atoms with Gasteiger partial charge < -0.3 is 4.90 Å². The van der Waals surface area contributed by atoms with Gasteiger partial charge in [0.15, 0.2) is 9.84 Å². The Balaban J connectivity index is 1.51. The van der Waals surface area contributed by atoms with Gasteiger partial charge in [0.05, 0.1) is 10.1 Å². The third kappa shape index (κ3) is 2.95. The summed E-state index contributed by atoms with van der Waals surface area (Å²) >= 11 is 0. The lowest BCUT2D eigenvalue weighted by Crippen LogP contribution is -2.50. The van der Waals surface area contributed by atoms with Gasteiger partial charge in [-0.2, -0.15) is 5.10 Å². The topological polar surface area (TPSA) is 85.2 Å². The van der Waals surface area contributed by atoms with Crippen LogP contribution in [0.2, 0.25) is 0 Å². The molecule has 0 N–H and O–H groups in total. The zero-order chi connectivity index (χ0) is 17.4. The average Bonchev–Trinajstić information content (AvgIpc) is 3.21. The summed E-state index contributed by atoms with van der Waals surface area (Å²) in [5.74, 6) is -0.00596. The number of sulfone groups is 1. The molecule has 4 rings (SSSR count). The Morgan fingerprint density at radius 2 is 1.80 bits per heavy atom. The van der Waals surface area contributed by atoms with Gasteiger partial charge in [0.25, 0.3) is 0 Å². The molecule has 1 amide bonds. The molecule has 2 fully saturated rings. The number of carbonyl (C=O) groups is 1. The Morgan fingerprint density at radius 3 is 2.40 bits per heavy atom. The first-order valence-electron chi connectivity index (χ1n) is 8.48. The van der Waals surface area contributed by atoms with Crippen molar-refractivity contribution in [1.29, 1.82) is 0 Å². The highest BCUT2D eigenvalue weighted by Gasteiger charge is 2.47. The van der Waals surface area contributed by atoms with Crippen molar-refractivity contribution in [1.82, 2.24) is 19.7 Å². The molecule has 2 saturated heterocycles. The second-order valence-electron chi connectivity index (χ2n) is 6.73. The van der Waals surface area contributed by atoms with Gasteiger partial charge in [-0.1, -0.05) is 18.2 Å². The molecule has 1 aromatic carbocycles. The lowest BCUT2D eigenvalue weighted by molar-refractivity contribution is -0.136. The minimum Gasteiger partial charge on any atom is -0.335 e. The number of nitrogens with zero attached hydrogens (tertiary/aromatic N) is 4. The lowest BCUT2D eigenvalue weighted by Gasteiger charge is -2.38. The van der Waals surface area contributed by atoms with E-state index in [1.165, 1.54) is 17.3 Å². The second kappa shape index (κ2) is 6.25. The molecule has 0 saturated carbocycles. The molecule has 1 aromatic heterocycles. The number of hydrogen-bond acceptors (Lipinski definition) is 5. The summed E-state index contributed by atoms with van der Waals surface area (Å²) in [6.07, 6.45) is 5.68. The van der Waals surface area contributed by atoms with Gasteiger partial charge in [-0.05, 0) is 37.8 Å². The maximum atomic E-state index is 12.9. The summed E-state index contributed by atoms with van der Waals surface area (Å²) in [5.41, 5.74) is 0. The van der Waals surface area contributed by atoms with Gasteiger partial charge in [-0.15, -0.1) is 0 Å². The van der Waals surface area contributed by atoms with Crippen LogP contribution in [0.4, 0.5) is 0 Å². The number of rotatable bonds is 4. The van der Waals surface area contributed by atoms with Crippen LogP contribution < -0.4 is 0 Å². The summed E-state index contributed by atoms with van der Waals surface area (Å²) in [7, 11) is -3.35. The van der Waals surface area contributed by atoms with E-state index < -0.39 is 15.1 Å². The van der Waals surface area contributed by atoms with Crippen LogP contribution in [0, 0.1) is 0 Å². The minimum atomic E-state index is -3.35. The van der Waals surface area contributed by atoms with Crippen molar-refractivity contribution in [2.24, 2.45) is 0 Å². The number of aromatic nitrogens is 3. The van der Waals surface area contributed by atoms with Crippen molar-refractivity contribution in [3.05, 3.63) is 43.0 Å². The van der Waals surface area contributed by atoms with Crippen molar-refractivity contribution in [3.8, 4) is 0 Å². The minimum absolute atomic E-state index is 0.00161. The summed E-state index contributed by atoms with van der Waals surface area (Å²) in [6, 6.07) is 8.61. The summed E-state index contributed by atoms with van der Waals surface area (Å²) in [5, 5.41) is 3.56. The number of amides is 1. The van der Waals surface area contributed by atoms with Crippen LogP contribution in [0.15, 0.2) is 47.9 Å². The molecule has 8 heteroatoms. The Labute approximate surface area is 146 Å². The molecule has 0 radical (unpaired) electrons. The summed E-state index contributed by atoms with van der Waals surface area (Å²) in [6.45, 7) is 0.156. The third-order valence-electron chi connectivity index (χ3n) is 5.25. The lowest BCUT2D eigenvalue weighted by atomic mass is 10.0. The van der Waals surface area contributed by atoms with Crippen molar-refractivity contribution in [2.45, 2.75) is 54.5 Å². The van der Waals surface area contributed by atoms with Gasteiger partial charge in [0.2, 0.25) is 5.91 Å². The van der Waals surface area contributed by atoms with Gasteiger partial charge in [-0.25, -0.2) is 18.1 Å². The third-order valence-corrected chi connectivity index (χ3v) is 7.44. The fourth-order valence-electron chi connectivity index (χ4n) is 4.12. The van der Waals surface area contributed by atoms with E-state index in [2.05, 4.69) is 10.1 Å². The van der Waals surface area contributed by atoms with Crippen molar-refractivity contribution < 1.29 is 13.2 Å². The molecule has 3 heterocycles. The number of piperidine rings is 1. The number of hydrogen-bond donors (Lipinski definition) is 0. The molecular formula is C17H20N4O3S. The summed E-state index contributed by atoms with van der Waals surface area (Å²) in [4.78, 5) is 18.8. The maximum absolute atomic E-state index is 12.9. The van der Waals surface area contributed by atoms with E-state index in [1.807, 2.05) is 11.0 Å². The Morgan fingerprint density at radius 1 is 1.12 bits per heavy atom. The fraction of sp³-hybridized carbons (Fsp3) is 0.471. The van der Waals surface area contributed by atoms with Gasteiger partial charge in [-0.3, -0.25) is 4.79 Å². The molecule has 2 aliphatic rings. The smallest absolute Gasteiger partial charge is 0.244 e. The molecule has 132 valence electrons. The molecular weight excluding hydrogens is 340 g/mol. The van der Waals surface area contributed by atoms with Crippen LogP contribution in [0.3, 0.4) is 0 Å². The highest BCUT2D eigenvalue weighted by atomic mass is 32.2. The molecule has 2 unspecified atom stereocenters. The maximum Gasteiger partial charge on any atom is 0.244 e. The summed E-state index contributed by atoms with van der Waals surface area (Å²) < 4.78 is 27.3. The van der Waals surface area contributed by atoms with Gasteiger partial charge >= 0.3 is 0 Å². The number of fused-ring (bicyclic) bond motifs is 2. The normalized spacial score (nSPS) is 25.9. The predicted octanol–water partition coefficient (Wildman–Crippen LogP) is 1.27. The first-order valence-corrected chi connectivity index (χ1v) is 10.0. The van der Waals surface area contributed by atoms with Crippen LogP contribution >= 0.6 is 0 Å². The van der Waals surface area contributed by atoms with Crippen LogP contribution in [0.5, 0.6) is 0 Å². The van der Waals surface area contributed by atoms with E-state index in [0.717, 1.165) is 12.8 Å². The van der Waals surface area contributed by atoms with Crippen LogP contribution in [-0.4, -0.2) is 51.3 Å². The molecule has 2 aromatic rings. The molecule has 2 aliphatic heterocycles. The zero-order valence-electron chi connectivity index (χ0n) is 13.7. The SMILES string of the molecule is O=C(Cn1cncn1)N1C2CCC1CC(S(=O)(=O)c1ccccc1)C2. The van der Waals surface area contributed by atoms with Crippen molar-refractivity contribution in [2.75, 3.05) is 0 Å². The van der Waals surface area contributed by atoms with E-state index in [1.54, 1.807) is 24.3 Å². The van der Waals surface area contributed by atoms with E-state index in [9.17, 15) is 13.2 Å². The van der Waals surface area contributed by atoms with E-state index >= 15 is 0 Å². The zero-order valence-corrected chi connectivity index (χ0v) is 14.5. The van der Waals surface area contributed by atoms with Gasteiger partial charge in [0.1, 0.15) is 19.2 Å². The fourth-order valence-corrected chi connectivity index (χ4v) is 6.00. The molecule has 0 spiro atoms. The van der Waals surface area contributed by atoms with Crippen LogP contribution in [0.1, 0.15) is 25.7 Å². The highest BCUT2D eigenvalue weighted by molar-refractivity contribution is 7.92. The molecule has 2 bridgehead atoms. The molecule has 0 aliphatic carbocycles. The number of benzene rings is 1. The number of carbonyl (C=O) groups excluding carboxylic acids is 1.